The molecule has 3 rings (SSSR count). The van der Waals surface area contributed by atoms with E-state index in [-0.39, 0.29) is 11.5 Å². The predicted octanol–water partition coefficient (Wildman–Crippen LogP) is 11.9. The van der Waals surface area contributed by atoms with Crippen molar-refractivity contribution in [3.63, 3.8) is 0 Å². The molecule has 10 heteroatoms. The summed E-state index contributed by atoms with van der Waals surface area (Å²) in [7, 11) is 1.32. The van der Waals surface area contributed by atoms with Gasteiger partial charge in [0.05, 0.1) is 18.5 Å². The monoisotopic (exact) mass is 660 g/mol. The van der Waals surface area contributed by atoms with Crippen molar-refractivity contribution in [2.24, 2.45) is 32.3 Å². The van der Waals surface area contributed by atoms with Crippen LogP contribution in [0.15, 0.2) is 69.0 Å². The second kappa shape index (κ2) is 19.7. The average Bonchev–Trinajstić information content (AvgIpc) is 3.49. The molecular formula is C37H52N6O3S. The number of anilines is 2. The summed E-state index contributed by atoms with van der Waals surface area (Å²) in [4.78, 5) is 27.4. The zero-order chi connectivity index (χ0) is 34.2. The van der Waals surface area contributed by atoms with E-state index in [1.165, 1.54) is 63.9 Å². The number of hydrogen-bond acceptors (Lipinski definition) is 9. The van der Waals surface area contributed by atoms with Crippen molar-refractivity contribution in [1.29, 1.82) is 0 Å². The zero-order valence-corrected chi connectivity index (χ0v) is 30.0. The minimum atomic E-state index is -0.540. The Balaban J connectivity index is 1.97. The fourth-order valence-corrected chi connectivity index (χ4v) is 6.20. The number of azo groups is 2. The molecule has 0 saturated carbocycles. The van der Waals surface area contributed by atoms with Crippen LogP contribution in [0.2, 0.25) is 0 Å². The van der Waals surface area contributed by atoms with Gasteiger partial charge in [0.1, 0.15) is 16.3 Å². The van der Waals surface area contributed by atoms with Crippen LogP contribution in [0.5, 0.6) is 0 Å². The minimum absolute atomic E-state index is 0.195. The summed E-state index contributed by atoms with van der Waals surface area (Å²) in [5.74, 6) is 0.450. The number of aryl methyl sites for hydroxylation is 1. The Labute approximate surface area is 284 Å². The topological polar surface area (TPSA) is 108 Å². The van der Waals surface area contributed by atoms with Gasteiger partial charge in [-0.1, -0.05) is 95.3 Å². The van der Waals surface area contributed by atoms with Crippen LogP contribution < -0.4 is 10.2 Å². The number of nitrogens with one attached hydrogen (secondary N) is 1. The van der Waals surface area contributed by atoms with Gasteiger partial charge < -0.3 is 15.0 Å². The van der Waals surface area contributed by atoms with Gasteiger partial charge in [0, 0.05) is 25.7 Å². The number of amides is 1. The van der Waals surface area contributed by atoms with Gasteiger partial charge in [-0.3, -0.25) is 4.79 Å². The fourth-order valence-electron chi connectivity index (χ4n) is 5.41. The first-order valence-corrected chi connectivity index (χ1v) is 17.8. The predicted molar refractivity (Wildman–Crippen MR) is 195 cm³/mol. The molecule has 0 saturated heterocycles. The van der Waals surface area contributed by atoms with Crippen LogP contribution in [0.4, 0.5) is 32.8 Å². The molecule has 2 unspecified atom stereocenters. The summed E-state index contributed by atoms with van der Waals surface area (Å²) in [6.45, 7) is 14.5. The summed E-state index contributed by atoms with van der Waals surface area (Å²) in [6, 6.07) is 15.2. The molecule has 0 aliphatic heterocycles. The SMILES string of the molecule is CCCCC(CC)CN(CC(CC)CCCC)c1ccc(/N=N/c2sc(N=Nc3ccc(C)cc3)cc2C(=O)OC)c(NC(C)=O)c1. The largest absolute Gasteiger partial charge is 0.465 e. The number of ether oxygens (including phenoxy) is 1. The molecule has 9 nitrogen and oxygen atoms in total. The standard InChI is InChI=1S/C37H52N6O3S/c1-8-12-14-28(10-3)24-43(25-29(11-4)15-13-9-2)31-20-21-33(34(22-31)38-27(6)44)40-42-36-32(37(45)46-7)23-35(47-36)41-39-30-18-16-26(5)17-19-30/h16-23,28-29H,8-15,24-25H2,1-7H3,(H,38,44)/b41-39?,42-40+. The van der Waals surface area contributed by atoms with Crippen molar-refractivity contribution in [3.05, 3.63) is 59.7 Å². The van der Waals surface area contributed by atoms with Crippen LogP contribution in [-0.2, 0) is 9.53 Å². The average molecular weight is 661 g/mol. The quantitative estimate of drug-likeness (QED) is 0.102. The molecule has 0 bridgehead atoms. The van der Waals surface area contributed by atoms with Crippen LogP contribution in [-0.4, -0.2) is 32.1 Å². The number of benzene rings is 2. The molecule has 0 fully saturated rings. The summed E-state index contributed by atoms with van der Waals surface area (Å²) in [5, 5.41) is 21.4. The number of rotatable bonds is 19. The van der Waals surface area contributed by atoms with Crippen LogP contribution in [0.1, 0.15) is 102 Å². The number of nitrogens with zero attached hydrogens (tertiary/aromatic N) is 5. The third-order valence-corrected chi connectivity index (χ3v) is 9.25. The number of carbonyl (C=O) groups is 2. The lowest BCUT2D eigenvalue weighted by Crippen LogP contribution is -2.34. The molecule has 1 N–H and O–H groups in total. The van der Waals surface area contributed by atoms with Gasteiger partial charge in [0.15, 0.2) is 5.00 Å². The molecule has 2 atom stereocenters. The Morgan fingerprint density at radius 2 is 1.49 bits per heavy atom. The number of hydrogen-bond donors (Lipinski definition) is 1. The summed E-state index contributed by atoms with van der Waals surface area (Å²) in [5.41, 5.74) is 4.20. The van der Waals surface area contributed by atoms with Gasteiger partial charge in [-0.15, -0.1) is 20.5 Å². The molecule has 3 aromatic rings. The first kappa shape index (κ1) is 37.5. The normalized spacial score (nSPS) is 12.8. The second-order valence-corrected chi connectivity index (χ2v) is 13.2. The third-order valence-electron chi connectivity index (χ3n) is 8.35. The summed E-state index contributed by atoms with van der Waals surface area (Å²) >= 11 is 1.19. The van der Waals surface area contributed by atoms with Crippen LogP contribution in [0.25, 0.3) is 0 Å². The van der Waals surface area contributed by atoms with Crippen molar-refractivity contribution in [3.8, 4) is 0 Å². The van der Waals surface area contributed by atoms with E-state index in [4.69, 9.17) is 4.74 Å². The Kier molecular flexibility index (Phi) is 15.7. The van der Waals surface area contributed by atoms with Gasteiger partial charge in [-0.2, -0.15) is 0 Å². The minimum Gasteiger partial charge on any atom is -0.465 e. The summed E-state index contributed by atoms with van der Waals surface area (Å²) < 4.78 is 5.00. The molecule has 254 valence electrons. The number of carbonyl (C=O) groups excluding carboxylic acids is 2. The zero-order valence-electron chi connectivity index (χ0n) is 29.2. The lowest BCUT2D eigenvalue weighted by molar-refractivity contribution is -0.114. The van der Waals surface area contributed by atoms with E-state index in [9.17, 15) is 9.59 Å². The molecule has 1 heterocycles. The van der Waals surface area contributed by atoms with E-state index in [1.54, 1.807) is 6.07 Å². The van der Waals surface area contributed by atoms with E-state index in [1.807, 2.05) is 43.3 Å². The molecule has 47 heavy (non-hydrogen) atoms. The second-order valence-electron chi connectivity index (χ2n) is 12.2. The maximum Gasteiger partial charge on any atom is 0.341 e. The molecule has 0 spiro atoms. The van der Waals surface area contributed by atoms with Gasteiger partial charge in [0.25, 0.3) is 0 Å². The number of esters is 1. The van der Waals surface area contributed by atoms with E-state index in [0.29, 0.717) is 38.9 Å². The number of methoxy groups -OCH3 is 1. The lowest BCUT2D eigenvalue weighted by Gasteiger charge is -2.33. The van der Waals surface area contributed by atoms with Gasteiger partial charge in [0.2, 0.25) is 5.91 Å². The van der Waals surface area contributed by atoms with Crippen molar-refractivity contribution >= 4 is 56.0 Å². The highest BCUT2D eigenvalue weighted by atomic mass is 32.1. The van der Waals surface area contributed by atoms with Crippen molar-refractivity contribution in [1.82, 2.24) is 0 Å². The molecule has 2 aromatic carbocycles. The summed E-state index contributed by atoms with van der Waals surface area (Å²) in [6.07, 6.45) is 9.49. The highest BCUT2D eigenvalue weighted by Gasteiger charge is 2.20. The van der Waals surface area contributed by atoms with Gasteiger partial charge >= 0.3 is 5.97 Å². The first-order chi connectivity index (χ1) is 22.7. The third kappa shape index (κ3) is 12.0. The van der Waals surface area contributed by atoms with Gasteiger partial charge in [-0.25, -0.2) is 4.79 Å². The first-order valence-electron chi connectivity index (χ1n) is 17.0. The molecule has 0 aliphatic carbocycles. The van der Waals surface area contributed by atoms with Crippen LogP contribution in [0.3, 0.4) is 0 Å². The van der Waals surface area contributed by atoms with E-state index < -0.39 is 5.97 Å². The van der Waals surface area contributed by atoms with Crippen LogP contribution in [0, 0.1) is 18.8 Å². The Hall–Kier alpha value is -3.92. The molecule has 1 amide bonds. The van der Waals surface area contributed by atoms with Crippen molar-refractivity contribution in [2.75, 3.05) is 30.4 Å². The molecule has 0 aliphatic rings. The van der Waals surface area contributed by atoms with Crippen LogP contribution >= 0.6 is 11.3 Å². The van der Waals surface area contributed by atoms with Gasteiger partial charge in [-0.05, 0) is 68.0 Å². The lowest BCUT2D eigenvalue weighted by atomic mass is 9.95. The Morgan fingerprint density at radius 3 is 2.04 bits per heavy atom. The van der Waals surface area contributed by atoms with E-state index in [0.717, 1.165) is 37.2 Å². The Bertz CT molecular complexity index is 1470. The van der Waals surface area contributed by atoms with E-state index in [2.05, 4.69) is 64.4 Å². The smallest absolute Gasteiger partial charge is 0.341 e. The fraction of sp³-hybridized carbons (Fsp3) is 0.514. The number of unbranched alkanes of at least 4 members (excludes halogenated alkanes) is 2. The maximum atomic E-state index is 12.6. The number of thiophene rings is 1. The molecule has 0 radical (unpaired) electrons. The van der Waals surface area contributed by atoms with E-state index >= 15 is 0 Å². The maximum absolute atomic E-state index is 12.6. The van der Waals surface area contributed by atoms with Crippen molar-refractivity contribution in [2.45, 2.75) is 92.9 Å². The highest BCUT2D eigenvalue weighted by Crippen LogP contribution is 2.40. The highest BCUT2D eigenvalue weighted by molar-refractivity contribution is 7.19. The Morgan fingerprint density at radius 1 is 0.851 bits per heavy atom. The molecular weight excluding hydrogens is 609 g/mol. The molecule has 1 aromatic heterocycles. The van der Waals surface area contributed by atoms with Crippen molar-refractivity contribution < 1.29 is 14.3 Å².